The van der Waals surface area contributed by atoms with E-state index in [1.165, 1.54) is 0 Å². The molecule has 1 aliphatic heterocycles. The number of β-amino-alcohol motifs (C(OH)–C–C–N with tert-alkyl or cyclic N) is 1. The second kappa shape index (κ2) is 6.12. The quantitative estimate of drug-likeness (QED) is 0.665. The molecule has 98 valence electrons. The number of nitrogens with zero attached hydrogens (tertiary/aromatic N) is 1. The van der Waals surface area contributed by atoms with Gasteiger partial charge in [0.15, 0.2) is 5.78 Å². The molecule has 18 heavy (non-hydrogen) atoms. The van der Waals surface area contributed by atoms with Crippen LogP contribution in [0.4, 0.5) is 0 Å². The van der Waals surface area contributed by atoms with Crippen molar-refractivity contribution in [2.24, 2.45) is 5.92 Å². The number of likely N-dealkylation sites (tertiary alicyclic amines) is 1. The Kier molecular flexibility index (Phi) is 4.75. The maximum atomic E-state index is 12.1. The van der Waals surface area contributed by atoms with Crippen LogP contribution < -0.4 is 0 Å². The zero-order valence-electron chi connectivity index (χ0n) is 10.5. The monoisotopic (exact) mass is 359 g/mol. The van der Waals surface area contributed by atoms with E-state index in [2.05, 4.69) is 29.5 Å². The van der Waals surface area contributed by atoms with E-state index in [0.717, 1.165) is 22.1 Å². The average molecular weight is 359 g/mol. The molecular weight excluding hydrogens is 341 g/mol. The molecule has 0 aromatic heterocycles. The first kappa shape index (κ1) is 14.0. The van der Waals surface area contributed by atoms with Crippen molar-refractivity contribution in [2.75, 3.05) is 19.6 Å². The van der Waals surface area contributed by atoms with Crippen LogP contribution in [0.2, 0.25) is 0 Å². The van der Waals surface area contributed by atoms with Crippen molar-refractivity contribution in [2.45, 2.75) is 19.4 Å². The molecule has 1 aromatic carbocycles. The van der Waals surface area contributed by atoms with Crippen LogP contribution in [0, 0.1) is 9.49 Å². The lowest BCUT2D eigenvalue weighted by atomic mass is 9.95. The summed E-state index contributed by atoms with van der Waals surface area (Å²) >= 11 is 2.23. The maximum Gasteiger partial charge on any atom is 0.176 e. The molecule has 0 spiro atoms. The molecule has 0 radical (unpaired) electrons. The first-order valence-corrected chi connectivity index (χ1v) is 7.33. The van der Waals surface area contributed by atoms with Crippen molar-refractivity contribution < 1.29 is 9.90 Å². The normalized spacial score (nSPS) is 25.1. The van der Waals surface area contributed by atoms with Gasteiger partial charge in [0.1, 0.15) is 0 Å². The van der Waals surface area contributed by atoms with Gasteiger partial charge in [-0.15, -0.1) is 0 Å². The topological polar surface area (TPSA) is 40.5 Å². The molecule has 2 unspecified atom stereocenters. The summed E-state index contributed by atoms with van der Waals surface area (Å²) in [5.74, 6) is 0.475. The van der Waals surface area contributed by atoms with Gasteiger partial charge in [0.25, 0.3) is 0 Å². The number of halogens is 1. The number of carbonyl (C=O) groups is 1. The predicted octanol–water partition coefficient (Wildman–Crippen LogP) is 2.18. The molecule has 0 aliphatic carbocycles. The van der Waals surface area contributed by atoms with E-state index in [-0.39, 0.29) is 11.9 Å². The van der Waals surface area contributed by atoms with Gasteiger partial charge in [0, 0.05) is 15.7 Å². The van der Waals surface area contributed by atoms with Crippen LogP contribution in [0.3, 0.4) is 0 Å². The Morgan fingerprint density at radius 1 is 1.44 bits per heavy atom. The highest BCUT2D eigenvalue weighted by atomic mass is 127. The van der Waals surface area contributed by atoms with Crippen LogP contribution in [0.5, 0.6) is 0 Å². The maximum absolute atomic E-state index is 12.1. The second-order valence-electron chi connectivity index (χ2n) is 5.00. The van der Waals surface area contributed by atoms with Crippen LogP contribution in [-0.2, 0) is 0 Å². The van der Waals surface area contributed by atoms with E-state index in [9.17, 15) is 9.90 Å². The van der Waals surface area contributed by atoms with Gasteiger partial charge in [-0.25, -0.2) is 0 Å². The molecule has 3 nitrogen and oxygen atoms in total. The van der Waals surface area contributed by atoms with Gasteiger partial charge in [-0.1, -0.05) is 19.1 Å². The molecule has 0 amide bonds. The fraction of sp³-hybridized carbons (Fsp3) is 0.500. The number of aliphatic hydroxyl groups excluding tert-OH is 1. The number of Topliss-reactive ketones (excluding diaryl/α,β-unsaturated/α-hetero) is 1. The van der Waals surface area contributed by atoms with E-state index in [1.54, 1.807) is 0 Å². The highest BCUT2D eigenvalue weighted by molar-refractivity contribution is 14.1. The summed E-state index contributed by atoms with van der Waals surface area (Å²) in [6, 6.07) is 7.63. The van der Waals surface area contributed by atoms with Gasteiger partial charge >= 0.3 is 0 Å². The van der Waals surface area contributed by atoms with E-state index in [1.807, 2.05) is 29.2 Å². The molecule has 0 saturated carbocycles. The number of hydrogen-bond acceptors (Lipinski definition) is 3. The Morgan fingerprint density at radius 3 is 2.72 bits per heavy atom. The van der Waals surface area contributed by atoms with Crippen molar-refractivity contribution in [3.8, 4) is 0 Å². The third-order valence-electron chi connectivity index (χ3n) is 3.54. The zero-order chi connectivity index (χ0) is 13.1. The lowest BCUT2D eigenvalue weighted by molar-refractivity contribution is 0.0295. The van der Waals surface area contributed by atoms with Crippen molar-refractivity contribution in [3.05, 3.63) is 33.4 Å². The van der Waals surface area contributed by atoms with Crippen LogP contribution in [-0.4, -0.2) is 41.5 Å². The van der Waals surface area contributed by atoms with Crippen molar-refractivity contribution >= 4 is 28.4 Å². The Balaban J connectivity index is 1.93. The van der Waals surface area contributed by atoms with Gasteiger partial charge in [0.05, 0.1) is 12.6 Å². The molecule has 4 heteroatoms. The van der Waals surface area contributed by atoms with Gasteiger partial charge in [-0.3, -0.25) is 9.69 Å². The summed E-state index contributed by atoms with van der Waals surface area (Å²) in [5.41, 5.74) is 0.753. The molecular formula is C14H18INO2. The summed E-state index contributed by atoms with van der Waals surface area (Å²) in [7, 11) is 0. The van der Waals surface area contributed by atoms with E-state index in [0.29, 0.717) is 19.0 Å². The number of benzene rings is 1. The minimum atomic E-state index is -0.303. The Hall–Kier alpha value is -0.460. The third-order valence-corrected chi connectivity index (χ3v) is 4.26. The van der Waals surface area contributed by atoms with Crippen LogP contribution in [0.25, 0.3) is 0 Å². The SMILES string of the molecule is CC1CCN(CC(=O)c2ccc(I)cc2)CC1O. The average Bonchev–Trinajstić information content (AvgIpc) is 2.34. The van der Waals surface area contributed by atoms with Crippen molar-refractivity contribution in [1.29, 1.82) is 0 Å². The molecule has 2 rings (SSSR count). The molecule has 1 fully saturated rings. The predicted molar refractivity (Wildman–Crippen MR) is 79.7 cm³/mol. The number of aliphatic hydroxyl groups is 1. The third kappa shape index (κ3) is 3.52. The second-order valence-corrected chi connectivity index (χ2v) is 6.24. The van der Waals surface area contributed by atoms with Gasteiger partial charge in [-0.05, 0) is 53.6 Å². The summed E-state index contributed by atoms with van der Waals surface area (Å²) in [4.78, 5) is 14.1. The van der Waals surface area contributed by atoms with E-state index < -0.39 is 0 Å². The lowest BCUT2D eigenvalue weighted by Gasteiger charge is -2.33. The summed E-state index contributed by atoms with van der Waals surface area (Å²) < 4.78 is 1.13. The van der Waals surface area contributed by atoms with E-state index in [4.69, 9.17) is 0 Å². The first-order chi connectivity index (χ1) is 8.56. The molecule has 1 N–H and O–H groups in total. The fourth-order valence-corrected chi connectivity index (χ4v) is 2.55. The standard InChI is InChI=1S/C14H18INO2/c1-10-6-7-16(8-13(10)17)9-14(18)11-2-4-12(15)5-3-11/h2-5,10,13,17H,6-9H2,1H3. The van der Waals surface area contributed by atoms with Crippen LogP contribution in [0.1, 0.15) is 23.7 Å². The summed E-state index contributed by atoms with van der Waals surface area (Å²) in [6.07, 6.45) is 0.657. The first-order valence-electron chi connectivity index (χ1n) is 6.25. The van der Waals surface area contributed by atoms with Crippen LogP contribution in [0.15, 0.2) is 24.3 Å². The minimum Gasteiger partial charge on any atom is -0.392 e. The molecule has 1 aliphatic rings. The molecule has 0 bridgehead atoms. The molecule has 1 heterocycles. The van der Waals surface area contributed by atoms with Crippen molar-refractivity contribution in [3.63, 3.8) is 0 Å². The van der Waals surface area contributed by atoms with Crippen molar-refractivity contribution in [1.82, 2.24) is 4.90 Å². The summed E-state index contributed by atoms with van der Waals surface area (Å²) in [5, 5.41) is 9.81. The number of piperidine rings is 1. The number of ketones is 1. The number of rotatable bonds is 3. The summed E-state index contributed by atoms with van der Waals surface area (Å²) in [6.45, 7) is 3.97. The molecule has 2 atom stereocenters. The minimum absolute atomic E-state index is 0.133. The van der Waals surface area contributed by atoms with Gasteiger partial charge < -0.3 is 5.11 Å². The van der Waals surface area contributed by atoms with Gasteiger partial charge in [-0.2, -0.15) is 0 Å². The van der Waals surface area contributed by atoms with Gasteiger partial charge in [0.2, 0.25) is 0 Å². The Morgan fingerprint density at radius 2 is 2.11 bits per heavy atom. The number of hydrogen-bond donors (Lipinski definition) is 1. The van der Waals surface area contributed by atoms with E-state index >= 15 is 0 Å². The molecule has 1 aromatic rings. The lowest BCUT2D eigenvalue weighted by Crippen LogP contribution is -2.44. The highest BCUT2D eigenvalue weighted by Gasteiger charge is 2.25. The highest BCUT2D eigenvalue weighted by Crippen LogP contribution is 2.17. The fourth-order valence-electron chi connectivity index (χ4n) is 2.19. The number of carbonyl (C=O) groups excluding carboxylic acids is 1. The Labute approximate surface area is 121 Å². The zero-order valence-corrected chi connectivity index (χ0v) is 12.6. The molecule has 1 saturated heterocycles. The smallest absolute Gasteiger partial charge is 0.176 e. The van der Waals surface area contributed by atoms with Crippen LogP contribution >= 0.6 is 22.6 Å². The largest absolute Gasteiger partial charge is 0.392 e. The Bertz CT molecular complexity index is 418.